The van der Waals surface area contributed by atoms with Crippen LogP contribution in [0.4, 0.5) is 0 Å². The molecule has 23 heavy (non-hydrogen) atoms. The van der Waals surface area contributed by atoms with Crippen molar-refractivity contribution in [3.05, 3.63) is 65.2 Å². The van der Waals surface area contributed by atoms with Gasteiger partial charge in [0, 0.05) is 5.92 Å². The van der Waals surface area contributed by atoms with Crippen LogP contribution in [0, 0.1) is 0 Å². The van der Waals surface area contributed by atoms with Crippen LogP contribution in [-0.4, -0.2) is 36.5 Å². The Morgan fingerprint density at radius 2 is 1.83 bits per heavy atom. The van der Waals surface area contributed by atoms with Crippen LogP contribution in [0.25, 0.3) is 0 Å². The fraction of sp³-hybridized carbons (Fsp3) is 0.278. The quantitative estimate of drug-likeness (QED) is 0.941. The second-order valence-corrected chi connectivity index (χ2v) is 5.45. The molecule has 0 saturated heterocycles. The minimum atomic E-state index is -1.05. The standard InChI is InChI=1S/C18H19NO4/c1-22-15-10-6-9-13-14(11-12-7-4-3-5-8-12)17(20)19(23-2)18(21)16(13)15/h3-10,14,17,20H,11H2,1-2H3/t14-,17+/m0/s1. The van der Waals surface area contributed by atoms with Gasteiger partial charge in [-0.2, -0.15) is 5.06 Å². The van der Waals surface area contributed by atoms with Crippen LogP contribution >= 0.6 is 0 Å². The van der Waals surface area contributed by atoms with Gasteiger partial charge in [-0.25, -0.2) is 0 Å². The molecule has 1 N–H and O–H groups in total. The first kappa shape index (κ1) is 15.5. The van der Waals surface area contributed by atoms with Crippen molar-refractivity contribution in [2.75, 3.05) is 14.2 Å². The van der Waals surface area contributed by atoms with Crippen LogP contribution in [0.3, 0.4) is 0 Å². The summed E-state index contributed by atoms with van der Waals surface area (Å²) in [5.74, 6) is -0.198. The molecule has 1 heterocycles. The van der Waals surface area contributed by atoms with Crippen LogP contribution in [0.15, 0.2) is 48.5 Å². The zero-order valence-electron chi connectivity index (χ0n) is 13.1. The summed E-state index contributed by atoms with van der Waals surface area (Å²) in [6.45, 7) is 0. The fourth-order valence-electron chi connectivity index (χ4n) is 3.08. The molecule has 3 rings (SSSR count). The summed E-state index contributed by atoms with van der Waals surface area (Å²) in [5, 5.41) is 11.6. The van der Waals surface area contributed by atoms with Gasteiger partial charge in [0.1, 0.15) is 5.75 Å². The van der Waals surface area contributed by atoms with Crippen molar-refractivity contribution in [2.24, 2.45) is 0 Å². The van der Waals surface area contributed by atoms with Crippen LogP contribution in [0.2, 0.25) is 0 Å². The third-order valence-corrected chi connectivity index (χ3v) is 4.19. The van der Waals surface area contributed by atoms with Crippen LogP contribution in [-0.2, 0) is 11.3 Å². The number of amides is 1. The Hall–Kier alpha value is -2.37. The van der Waals surface area contributed by atoms with Gasteiger partial charge in [0.05, 0.1) is 19.8 Å². The molecule has 1 amide bonds. The first-order chi connectivity index (χ1) is 11.2. The lowest BCUT2D eigenvalue weighted by molar-refractivity contribution is -0.194. The average Bonchev–Trinajstić information content (AvgIpc) is 2.59. The van der Waals surface area contributed by atoms with Crippen LogP contribution < -0.4 is 4.74 Å². The van der Waals surface area contributed by atoms with E-state index in [0.29, 0.717) is 17.7 Å². The van der Waals surface area contributed by atoms with Crippen LogP contribution in [0.1, 0.15) is 27.4 Å². The summed E-state index contributed by atoms with van der Waals surface area (Å²) in [5.41, 5.74) is 2.30. The van der Waals surface area contributed by atoms with E-state index in [1.54, 1.807) is 6.07 Å². The smallest absolute Gasteiger partial charge is 0.284 e. The van der Waals surface area contributed by atoms with Gasteiger partial charge in [0.15, 0.2) is 6.23 Å². The molecule has 5 heteroatoms. The fourth-order valence-corrected chi connectivity index (χ4v) is 3.08. The Morgan fingerprint density at radius 1 is 1.09 bits per heavy atom. The number of methoxy groups -OCH3 is 1. The molecule has 2 aromatic carbocycles. The lowest BCUT2D eigenvalue weighted by Crippen LogP contribution is -2.48. The lowest BCUT2D eigenvalue weighted by Gasteiger charge is -2.37. The summed E-state index contributed by atoms with van der Waals surface area (Å²) >= 11 is 0. The van der Waals surface area contributed by atoms with Gasteiger partial charge in [0.25, 0.3) is 5.91 Å². The summed E-state index contributed by atoms with van der Waals surface area (Å²) in [6, 6.07) is 15.3. The van der Waals surface area contributed by atoms with E-state index in [1.807, 2.05) is 42.5 Å². The van der Waals surface area contributed by atoms with E-state index in [2.05, 4.69) is 0 Å². The summed E-state index contributed by atoms with van der Waals surface area (Å²) in [4.78, 5) is 17.7. The molecule has 0 aliphatic carbocycles. The number of benzene rings is 2. The average molecular weight is 313 g/mol. The molecule has 0 aromatic heterocycles. The molecule has 1 aliphatic rings. The van der Waals surface area contributed by atoms with Crippen molar-refractivity contribution >= 4 is 5.91 Å². The van der Waals surface area contributed by atoms with E-state index in [4.69, 9.17) is 9.57 Å². The number of carbonyl (C=O) groups excluding carboxylic acids is 1. The number of nitrogens with zero attached hydrogens (tertiary/aromatic N) is 1. The number of aliphatic hydroxyl groups excluding tert-OH is 1. The van der Waals surface area contributed by atoms with E-state index >= 15 is 0 Å². The third kappa shape index (κ3) is 2.69. The Bertz CT molecular complexity index is 701. The number of carbonyl (C=O) groups is 1. The number of ether oxygens (including phenoxy) is 1. The minimum Gasteiger partial charge on any atom is -0.496 e. The number of rotatable bonds is 4. The normalized spacial score (nSPS) is 20.3. The maximum absolute atomic E-state index is 12.6. The van der Waals surface area contributed by atoms with E-state index in [0.717, 1.165) is 16.2 Å². The van der Waals surface area contributed by atoms with E-state index in [-0.39, 0.29) is 5.92 Å². The lowest BCUT2D eigenvalue weighted by atomic mass is 9.84. The van der Waals surface area contributed by atoms with Crippen LogP contribution in [0.5, 0.6) is 5.75 Å². The van der Waals surface area contributed by atoms with Gasteiger partial charge >= 0.3 is 0 Å². The van der Waals surface area contributed by atoms with E-state index < -0.39 is 12.1 Å². The summed E-state index contributed by atoms with van der Waals surface area (Å²) in [6.07, 6.45) is -0.456. The molecule has 0 unspecified atom stereocenters. The van der Waals surface area contributed by atoms with Crippen molar-refractivity contribution in [2.45, 2.75) is 18.6 Å². The van der Waals surface area contributed by atoms with Gasteiger partial charge in [-0.15, -0.1) is 0 Å². The highest BCUT2D eigenvalue weighted by Crippen LogP contribution is 2.38. The number of fused-ring (bicyclic) bond motifs is 1. The molecule has 2 aromatic rings. The van der Waals surface area contributed by atoms with Crippen molar-refractivity contribution < 1.29 is 19.5 Å². The Labute approximate surface area is 135 Å². The molecule has 2 atom stereocenters. The highest BCUT2D eigenvalue weighted by molar-refractivity contribution is 5.99. The minimum absolute atomic E-state index is 0.292. The monoisotopic (exact) mass is 313 g/mol. The Balaban J connectivity index is 2.08. The summed E-state index contributed by atoms with van der Waals surface area (Å²) < 4.78 is 5.32. The van der Waals surface area contributed by atoms with Gasteiger partial charge in [-0.3, -0.25) is 9.63 Å². The molecule has 5 nitrogen and oxygen atoms in total. The maximum atomic E-state index is 12.6. The SMILES string of the molecule is COc1cccc2c1C(=O)N(OC)[C@H](O)[C@H]2Cc1ccccc1. The molecule has 0 bridgehead atoms. The molecular weight excluding hydrogens is 294 g/mol. The molecule has 0 spiro atoms. The van der Waals surface area contributed by atoms with Crippen molar-refractivity contribution in [1.82, 2.24) is 5.06 Å². The van der Waals surface area contributed by atoms with Gasteiger partial charge in [-0.05, 0) is 23.6 Å². The number of hydroxylamine groups is 2. The molecule has 0 radical (unpaired) electrons. The topological polar surface area (TPSA) is 59.0 Å². The Morgan fingerprint density at radius 3 is 2.48 bits per heavy atom. The van der Waals surface area contributed by atoms with Crippen molar-refractivity contribution in [3.8, 4) is 5.75 Å². The molecule has 0 saturated carbocycles. The number of hydrogen-bond acceptors (Lipinski definition) is 4. The van der Waals surface area contributed by atoms with Gasteiger partial charge in [-0.1, -0.05) is 42.5 Å². The molecule has 120 valence electrons. The third-order valence-electron chi connectivity index (χ3n) is 4.19. The van der Waals surface area contributed by atoms with E-state index in [9.17, 15) is 9.90 Å². The highest BCUT2D eigenvalue weighted by atomic mass is 16.7. The molecular formula is C18H19NO4. The predicted molar refractivity (Wildman–Crippen MR) is 85.1 cm³/mol. The molecule has 1 aliphatic heterocycles. The molecule has 0 fully saturated rings. The second-order valence-electron chi connectivity index (χ2n) is 5.45. The first-order valence-electron chi connectivity index (χ1n) is 7.44. The number of hydrogen-bond donors (Lipinski definition) is 1. The van der Waals surface area contributed by atoms with Gasteiger partial charge < -0.3 is 9.84 Å². The zero-order chi connectivity index (χ0) is 16.4. The number of aliphatic hydroxyl groups is 1. The van der Waals surface area contributed by atoms with Gasteiger partial charge in [0.2, 0.25) is 0 Å². The first-order valence-corrected chi connectivity index (χ1v) is 7.44. The Kier molecular flexibility index (Phi) is 4.32. The zero-order valence-corrected chi connectivity index (χ0v) is 13.1. The predicted octanol–water partition coefficient (Wildman–Crippen LogP) is 2.36. The van der Waals surface area contributed by atoms with E-state index in [1.165, 1.54) is 14.2 Å². The highest BCUT2D eigenvalue weighted by Gasteiger charge is 2.41. The maximum Gasteiger partial charge on any atom is 0.284 e. The second kappa shape index (κ2) is 6.40. The largest absolute Gasteiger partial charge is 0.496 e. The van der Waals surface area contributed by atoms with Crippen molar-refractivity contribution in [1.29, 1.82) is 0 Å². The van der Waals surface area contributed by atoms with Crippen molar-refractivity contribution in [3.63, 3.8) is 0 Å². The summed E-state index contributed by atoms with van der Waals surface area (Å²) in [7, 11) is 2.90.